The Hall–Kier alpha value is -2.57. The Kier molecular flexibility index (Phi) is 9.74. The highest BCUT2D eigenvalue weighted by Gasteiger charge is 2.32. The van der Waals surface area contributed by atoms with Gasteiger partial charge < -0.3 is 14.2 Å². The van der Waals surface area contributed by atoms with Crippen molar-refractivity contribution in [3.63, 3.8) is 0 Å². The maximum Gasteiger partial charge on any atom is 0.387 e. The van der Waals surface area contributed by atoms with Crippen LogP contribution in [0.5, 0.6) is 5.75 Å². The van der Waals surface area contributed by atoms with Crippen molar-refractivity contribution in [3.8, 4) is 11.8 Å². The van der Waals surface area contributed by atoms with E-state index >= 15 is 0 Å². The number of halogens is 3. The Bertz CT molecular complexity index is 1050. The SMILES string of the molecule is CC.CC.CN1C=C(SN)C=CC1c1c(C#N)c2cc(F)c(OC(F)F)cc2n1C1CCC1. The minimum atomic E-state index is -3.13. The molecule has 0 radical (unpaired) electrons. The normalized spacial score (nSPS) is 17.4. The molecule has 1 aromatic carbocycles. The molecule has 9 heteroatoms. The van der Waals surface area contributed by atoms with Crippen LogP contribution in [0.1, 0.15) is 70.3 Å². The minimum absolute atomic E-state index is 0.121. The Balaban J connectivity index is 0.000000914. The van der Waals surface area contributed by atoms with Crippen LogP contribution in [0.3, 0.4) is 0 Å². The molecule has 33 heavy (non-hydrogen) atoms. The molecule has 0 spiro atoms. The summed E-state index contributed by atoms with van der Waals surface area (Å²) in [6.45, 7) is 4.87. The summed E-state index contributed by atoms with van der Waals surface area (Å²) in [5.74, 6) is -1.43. The molecular formula is C24H31F3N4OS. The van der Waals surface area contributed by atoms with Gasteiger partial charge in [0.2, 0.25) is 0 Å². The fourth-order valence-electron chi connectivity index (χ4n) is 3.96. The molecular weight excluding hydrogens is 449 g/mol. The smallest absolute Gasteiger partial charge is 0.387 e. The summed E-state index contributed by atoms with van der Waals surface area (Å²) < 4.78 is 46.2. The quantitative estimate of drug-likeness (QED) is 0.466. The van der Waals surface area contributed by atoms with Gasteiger partial charge in [0.05, 0.1) is 22.8 Å². The van der Waals surface area contributed by atoms with Gasteiger partial charge in [0.1, 0.15) is 6.07 Å². The number of alkyl halides is 2. The Morgan fingerprint density at radius 2 is 1.88 bits per heavy atom. The number of hydrogen-bond acceptors (Lipinski definition) is 5. The molecule has 2 N–H and O–H groups in total. The van der Waals surface area contributed by atoms with Gasteiger partial charge in [-0.25, -0.2) is 4.39 Å². The number of hydrogen-bond donors (Lipinski definition) is 1. The molecule has 1 aromatic heterocycles. The summed E-state index contributed by atoms with van der Waals surface area (Å²) >= 11 is 1.12. The molecule has 4 rings (SSSR count). The summed E-state index contributed by atoms with van der Waals surface area (Å²) in [4.78, 5) is 2.80. The molecule has 1 saturated carbocycles. The number of aromatic nitrogens is 1. The van der Waals surface area contributed by atoms with E-state index in [1.54, 1.807) is 0 Å². The second kappa shape index (κ2) is 12.1. The number of likely N-dealkylation sites (N-methyl/N-ethyl adjacent to an activating group) is 1. The minimum Gasteiger partial charge on any atom is -0.432 e. The van der Waals surface area contributed by atoms with Crippen molar-refractivity contribution in [2.75, 3.05) is 7.05 Å². The lowest BCUT2D eigenvalue weighted by Gasteiger charge is -2.35. The molecule has 0 bridgehead atoms. The number of fused-ring (bicyclic) bond motifs is 1. The van der Waals surface area contributed by atoms with Gasteiger partial charge in [0.25, 0.3) is 0 Å². The average Bonchev–Trinajstić information content (AvgIpc) is 3.07. The van der Waals surface area contributed by atoms with Gasteiger partial charge in [-0.15, -0.1) is 0 Å². The Morgan fingerprint density at radius 1 is 1.21 bits per heavy atom. The first kappa shape index (κ1) is 26.7. The maximum absolute atomic E-state index is 14.4. The van der Waals surface area contributed by atoms with E-state index in [4.69, 9.17) is 5.14 Å². The van der Waals surface area contributed by atoms with Gasteiger partial charge in [-0.1, -0.05) is 33.8 Å². The van der Waals surface area contributed by atoms with Crippen LogP contribution in [-0.2, 0) is 0 Å². The topological polar surface area (TPSA) is 67.2 Å². The molecule has 2 aromatic rings. The average molecular weight is 481 g/mol. The van der Waals surface area contributed by atoms with Crippen LogP contribution < -0.4 is 9.88 Å². The molecule has 0 amide bonds. The fourth-order valence-corrected chi connectivity index (χ4v) is 4.35. The van der Waals surface area contributed by atoms with Crippen molar-refractivity contribution in [2.24, 2.45) is 5.14 Å². The van der Waals surface area contributed by atoms with Crippen molar-refractivity contribution >= 4 is 22.9 Å². The maximum atomic E-state index is 14.4. The number of ether oxygens (including phenoxy) is 1. The van der Waals surface area contributed by atoms with Crippen LogP contribution >= 0.6 is 11.9 Å². The molecule has 2 heterocycles. The third-order valence-corrected chi connectivity index (χ3v) is 6.00. The summed E-state index contributed by atoms with van der Waals surface area (Å²) in [5, 5.41) is 15.9. The van der Waals surface area contributed by atoms with Crippen molar-refractivity contribution in [3.05, 3.63) is 52.5 Å². The predicted octanol–water partition coefficient (Wildman–Crippen LogP) is 7.02. The Labute approximate surface area is 197 Å². The standard InChI is InChI=1S/C20H19F3N4OS.2C2H6/c1-26-10-12(29-25)5-6-16(26)19-14(9-24)13-7-15(21)18(28-20(22)23)8-17(13)27(19)11-3-2-4-11;2*1-2/h5-8,10-11,16,20H,2-4,25H2,1H3;2*1-2H3. The van der Waals surface area contributed by atoms with E-state index in [2.05, 4.69) is 10.8 Å². The van der Waals surface area contributed by atoms with E-state index in [1.807, 2.05) is 62.6 Å². The van der Waals surface area contributed by atoms with Crippen molar-refractivity contribution < 1.29 is 17.9 Å². The zero-order chi connectivity index (χ0) is 24.7. The molecule has 5 nitrogen and oxygen atoms in total. The van der Waals surface area contributed by atoms with E-state index in [-0.39, 0.29) is 12.1 Å². The molecule has 1 fully saturated rings. The van der Waals surface area contributed by atoms with Gasteiger partial charge in [-0.2, -0.15) is 14.0 Å². The van der Waals surface area contributed by atoms with E-state index in [0.717, 1.165) is 47.9 Å². The number of nitrogens with two attached hydrogens (primary N) is 1. The first-order valence-corrected chi connectivity index (χ1v) is 12.0. The van der Waals surface area contributed by atoms with Crippen LogP contribution in [0.2, 0.25) is 0 Å². The third kappa shape index (κ3) is 5.33. The van der Waals surface area contributed by atoms with E-state index < -0.39 is 18.2 Å². The lowest BCUT2D eigenvalue weighted by molar-refractivity contribution is -0.0521. The van der Waals surface area contributed by atoms with Crippen molar-refractivity contribution in [2.45, 2.75) is 65.7 Å². The van der Waals surface area contributed by atoms with Crippen molar-refractivity contribution in [1.29, 1.82) is 5.26 Å². The molecule has 0 saturated heterocycles. The second-order valence-electron chi connectivity index (χ2n) is 7.12. The van der Waals surface area contributed by atoms with Crippen LogP contribution in [0.4, 0.5) is 13.2 Å². The van der Waals surface area contributed by atoms with Crippen LogP contribution in [0.15, 0.2) is 35.4 Å². The number of allylic oxidation sites excluding steroid dienone is 1. The molecule has 2 aliphatic rings. The Morgan fingerprint density at radius 3 is 2.36 bits per heavy atom. The second-order valence-corrected chi connectivity index (χ2v) is 7.83. The van der Waals surface area contributed by atoms with Crippen LogP contribution in [0.25, 0.3) is 10.9 Å². The lowest BCUT2D eigenvalue weighted by Crippen LogP contribution is -2.27. The molecule has 1 atom stereocenters. The van der Waals surface area contributed by atoms with Crippen LogP contribution in [-0.4, -0.2) is 23.1 Å². The van der Waals surface area contributed by atoms with Gasteiger partial charge >= 0.3 is 6.61 Å². The third-order valence-electron chi connectivity index (χ3n) is 5.49. The zero-order valence-corrected chi connectivity index (χ0v) is 20.4. The van der Waals surface area contributed by atoms with Crippen molar-refractivity contribution in [1.82, 2.24) is 9.47 Å². The number of nitriles is 1. The fraction of sp³-hybridized carbons (Fsp3) is 0.458. The molecule has 1 unspecified atom stereocenters. The molecule has 1 aliphatic heterocycles. The van der Waals surface area contributed by atoms with Gasteiger partial charge in [0.15, 0.2) is 11.6 Å². The predicted molar refractivity (Wildman–Crippen MR) is 128 cm³/mol. The summed E-state index contributed by atoms with van der Waals surface area (Å²) in [5.41, 5.74) is 1.59. The number of nitrogens with zero attached hydrogens (tertiary/aromatic N) is 3. The molecule has 1 aliphatic carbocycles. The van der Waals surface area contributed by atoms with E-state index in [9.17, 15) is 18.4 Å². The van der Waals surface area contributed by atoms with E-state index in [0.29, 0.717) is 16.5 Å². The largest absolute Gasteiger partial charge is 0.432 e. The highest BCUT2D eigenvalue weighted by atomic mass is 32.2. The molecule has 180 valence electrons. The summed E-state index contributed by atoms with van der Waals surface area (Å²) in [6, 6.07) is 4.46. The van der Waals surface area contributed by atoms with Gasteiger partial charge in [0, 0.05) is 35.6 Å². The summed E-state index contributed by atoms with van der Waals surface area (Å²) in [6.07, 6.45) is 8.55. The van der Waals surface area contributed by atoms with E-state index in [1.165, 1.54) is 6.07 Å². The van der Waals surface area contributed by atoms with Gasteiger partial charge in [-0.3, -0.25) is 5.14 Å². The summed E-state index contributed by atoms with van der Waals surface area (Å²) in [7, 11) is 1.88. The monoisotopic (exact) mass is 480 g/mol. The highest BCUT2D eigenvalue weighted by Crippen LogP contribution is 2.44. The zero-order valence-electron chi connectivity index (χ0n) is 19.6. The first-order valence-electron chi connectivity index (χ1n) is 11.2. The van der Waals surface area contributed by atoms with Crippen LogP contribution in [0, 0.1) is 17.1 Å². The van der Waals surface area contributed by atoms with Gasteiger partial charge in [-0.05, 0) is 43.4 Å². The lowest BCUT2D eigenvalue weighted by atomic mass is 9.92. The number of benzene rings is 1. The first-order chi connectivity index (χ1) is 15.9. The highest BCUT2D eigenvalue weighted by molar-refractivity contribution is 8.01. The number of rotatable bonds is 5.